The Kier molecular flexibility index (Phi) is 3.26. The summed E-state index contributed by atoms with van der Waals surface area (Å²) in [7, 11) is 0. The lowest BCUT2D eigenvalue weighted by molar-refractivity contribution is 0.402. The molecule has 0 aliphatic rings. The average molecular weight is 327 g/mol. The van der Waals surface area contributed by atoms with Gasteiger partial charge in [0, 0.05) is 10.6 Å². The van der Waals surface area contributed by atoms with Gasteiger partial charge in [-0.25, -0.2) is 0 Å². The van der Waals surface area contributed by atoms with Crippen molar-refractivity contribution in [2.45, 2.75) is 0 Å². The van der Waals surface area contributed by atoms with Crippen LogP contribution in [-0.2, 0) is 0 Å². The van der Waals surface area contributed by atoms with Crippen LogP contribution in [-0.4, -0.2) is 5.16 Å². The van der Waals surface area contributed by atoms with Crippen molar-refractivity contribution in [2.24, 2.45) is 0 Å². The number of rotatable bonds is 1. The van der Waals surface area contributed by atoms with Gasteiger partial charge in [0.05, 0.1) is 5.02 Å². The standard InChI is InChI=1S/C9H3BrCl3NO/c10-9-7(13)8(14-15-9)5-2-1-4(11)3-6(5)12/h1-3H. The van der Waals surface area contributed by atoms with Gasteiger partial charge < -0.3 is 4.52 Å². The Hall–Kier alpha value is -0.220. The molecule has 1 aromatic heterocycles. The van der Waals surface area contributed by atoms with Gasteiger partial charge in [0.15, 0.2) is 0 Å². The van der Waals surface area contributed by atoms with E-state index in [1.54, 1.807) is 18.2 Å². The lowest BCUT2D eigenvalue weighted by atomic mass is 10.1. The first kappa shape index (κ1) is 11.3. The lowest BCUT2D eigenvalue weighted by Gasteiger charge is -2.00. The minimum Gasteiger partial charge on any atom is -0.347 e. The van der Waals surface area contributed by atoms with Gasteiger partial charge in [-0.15, -0.1) is 0 Å². The third-order valence-corrected chi connectivity index (χ3v) is 3.45. The summed E-state index contributed by atoms with van der Waals surface area (Å²) in [6, 6.07) is 5.07. The molecule has 15 heavy (non-hydrogen) atoms. The Morgan fingerprint density at radius 2 is 1.93 bits per heavy atom. The third-order valence-electron chi connectivity index (χ3n) is 1.78. The predicted molar refractivity (Wildman–Crippen MR) is 64.7 cm³/mol. The molecule has 0 amide bonds. The van der Waals surface area contributed by atoms with Crippen LogP contribution < -0.4 is 0 Å². The Balaban J connectivity index is 2.59. The highest BCUT2D eigenvalue weighted by Crippen LogP contribution is 2.37. The van der Waals surface area contributed by atoms with Gasteiger partial charge in [-0.2, -0.15) is 0 Å². The molecule has 0 spiro atoms. The number of hydrogen-bond acceptors (Lipinski definition) is 2. The second-order valence-electron chi connectivity index (χ2n) is 2.74. The normalized spacial score (nSPS) is 10.7. The van der Waals surface area contributed by atoms with E-state index in [-0.39, 0.29) is 0 Å². The fraction of sp³-hybridized carbons (Fsp3) is 0. The van der Waals surface area contributed by atoms with Crippen LogP contribution in [0.25, 0.3) is 11.3 Å². The molecule has 1 aromatic carbocycles. The summed E-state index contributed by atoms with van der Waals surface area (Å²) in [6.07, 6.45) is 0. The topological polar surface area (TPSA) is 26.0 Å². The van der Waals surface area contributed by atoms with Crippen molar-refractivity contribution in [3.05, 3.63) is 37.9 Å². The van der Waals surface area contributed by atoms with Gasteiger partial charge in [0.1, 0.15) is 10.7 Å². The quantitative estimate of drug-likeness (QED) is 0.731. The van der Waals surface area contributed by atoms with Crippen molar-refractivity contribution in [1.29, 1.82) is 0 Å². The zero-order chi connectivity index (χ0) is 11.0. The Morgan fingerprint density at radius 3 is 2.47 bits per heavy atom. The van der Waals surface area contributed by atoms with E-state index in [0.29, 0.717) is 31.0 Å². The molecule has 0 aliphatic heterocycles. The molecule has 2 nitrogen and oxygen atoms in total. The number of nitrogens with zero attached hydrogens (tertiary/aromatic N) is 1. The second kappa shape index (κ2) is 4.34. The highest BCUT2D eigenvalue weighted by Gasteiger charge is 2.16. The fourth-order valence-corrected chi connectivity index (χ4v) is 2.04. The number of aromatic nitrogens is 1. The summed E-state index contributed by atoms with van der Waals surface area (Å²) in [5.41, 5.74) is 1.17. The molecule has 0 radical (unpaired) electrons. The van der Waals surface area contributed by atoms with Crippen molar-refractivity contribution in [1.82, 2.24) is 5.16 Å². The van der Waals surface area contributed by atoms with Gasteiger partial charge in [0.2, 0.25) is 4.67 Å². The molecule has 0 unspecified atom stereocenters. The van der Waals surface area contributed by atoms with Crippen molar-refractivity contribution >= 4 is 50.7 Å². The molecule has 0 atom stereocenters. The Labute approximate surface area is 109 Å². The smallest absolute Gasteiger partial charge is 0.221 e. The van der Waals surface area contributed by atoms with Gasteiger partial charge >= 0.3 is 0 Å². The third kappa shape index (κ3) is 2.16. The van der Waals surface area contributed by atoms with E-state index in [1.165, 1.54) is 0 Å². The van der Waals surface area contributed by atoms with Crippen LogP contribution in [0.2, 0.25) is 15.1 Å². The van der Waals surface area contributed by atoms with Gasteiger partial charge in [-0.1, -0.05) is 40.0 Å². The van der Waals surface area contributed by atoms with E-state index < -0.39 is 0 Å². The van der Waals surface area contributed by atoms with Crippen molar-refractivity contribution in [3.63, 3.8) is 0 Å². The maximum absolute atomic E-state index is 6.01. The monoisotopic (exact) mass is 325 g/mol. The first-order valence-corrected chi connectivity index (χ1v) is 5.78. The van der Waals surface area contributed by atoms with Crippen LogP contribution in [0.15, 0.2) is 27.4 Å². The van der Waals surface area contributed by atoms with E-state index in [9.17, 15) is 0 Å². The first-order chi connectivity index (χ1) is 7.09. The first-order valence-electron chi connectivity index (χ1n) is 3.85. The average Bonchev–Trinajstić information content (AvgIpc) is 2.49. The van der Waals surface area contributed by atoms with Crippen LogP contribution in [0, 0.1) is 0 Å². The zero-order valence-electron chi connectivity index (χ0n) is 7.10. The molecule has 0 saturated heterocycles. The van der Waals surface area contributed by atoms with Gasteiger partial charge in [-0.05, 0) is 34.1 Å². The minimum atomic E-state index is 0.380. The zero-order valence-corrected chi connectivity index (χ0v) is 11.0. The van der Waals surface area contributed by atoms with E-state index in [4.69, 9.17) is 39.3 Å². The lowest BCUT2D eigenvalue weighted by Crippen LogP contribution is -1.80. The highest BCUT2D eigenvalue weighted by molar-refractivity contribution is 9.10. The SMILES string of the molecule is Clc1ccc(-c2noc(Br)c2Cl)c(Cl)c1. The maximum Gasteiger partial charge on any atom is 0.221 e. The van der Waals surface area contributed by atoms with E-state index >= 15 is 0 Å². The molecule has 2 aromatic rings. The molecule has 0 saturated carbocycles. The Morgan fingerprint density at radius 1 is 1.20 bits per heavy atom. The molecule has 78 valence electrons. The van der Waals surface area contributed by atoms with E-state index in [1.807, 2.05) is 0 Å². The molecular weight excluding hydrogens is 324 g/mol. The van der Waals surface area contributed by atoms with Crippen LogP contribution in [0.1, 0.15) is 0 Å². The summed E-state index contributed by atoms with van der Waals surface area (Å²) >= 11 is 20.9. The highest BCUT2D eigenvalue weighted by atomic mass is 79.9. The minimum absolute atomic E-state index is 0.380. The van der Waals surface area contributed by atoms with Gasteiger partial charge in [-0.3, -0.25) is 0 Å². The number of hydrogen-bond donors (Lipinski definition) is 0. The van der Waals surface area contributed by atoms with E-state index in [2.05, 4.69) is 21.1 Å². The van der Waals surface area contributed by atoms with E-state index in [0.717, 1.165) is 0 Å². The molecule has 0 bridgehead atoms. The molecule has 0 fully saturated rings. The molecule has 1 heterocycles. The van der Waals surface area contributed by atoms with Crippen LogP contribution >= 0.6 is 50.7 Å². The summed E-state index contributed by atoms with van der Waals surface area (Å²) < 4.78 is 5.26. The van der Waals surface area contributed by atoms with Crippen molar-refractivity contribution < 1.29 is 4.52 Å². The molecule has 2 rings (SSSR count). The number of benzene rings is 1. The summed E-state index contributed by atoms with van der Waals surface area (Å²) in [5.74, 6) is 0. The molecule has 0 aliphatic carbocycles. The Bertz CT molecular complexity index is 512. The van der Waals surface area contributed by atoms with Crippen molar-refractivity contribution in [3.8, 4) is 11.3 Å². The van der Waals surface area contributed by atoms with Gasteiger partial charge in [0.25, 0.3) is 0 Å². The molecule has 6 heteroatoms. The van der Waals surface area contributed by atoms with Crippen LogP contribution in [0.4, 0.5) is 0 Å². The number of halogens is 4. The van der Waals surface area contributed by atoms with Crippen LogP contribution in [0.3, 0.4) is 0 Å². The summed E-state index contributed by atoms with van der Waals surface area (Å²) in [4.78, 5) is 0. The predicted octanol–water partition coefficient (Wildman–Crippen LogP) is 5.06. The fourth-order valence-electron chi connectivity index (χ4n) is 1.11. The van der Waals surface area contributed by atoms with Crippen LogP contribution in [0.5, 0.6) is 0 Å². The maximum atomic E-state index is 6.01. The second-order valence-corrected chi connectivity index (χ2v) is 4.68. The largest absolute Gasteiger partial charge is 0.347 e. The molecule has 0 N–H and O–H groups in total. The molecular formula is C9H3BrCl3NO. The van der Waals surface area contributed by atoms with Crippen molar-refractivity contribution in [2.75, 3.05) is 0 Å². The summed E-state index contributed by atoms with van der Waals surface area (Å²) in [6.45, 7) is 0. The summed E-state index contributed by atoms with van der Waals surface area (Å²) in [5, 5.41) is 5.22.